The van der Waals surface area contributed by atoms with E-state index < -0.39 is 66.2 Å². The fourth-order valence-electron chi connectivity index (χ4n) is 2.74. The van der Waals surface area contributed by atoms with Crippen molar-refractivity contribution in [3.8, 4) is 0 Å². The van der Waals surface area contributed by atoms with Gasteiger partial charge in [0.1, 0.15) is 18.1 Å². The van der Waals surface area contributed by atoms with Crippen molar-refractivity contribution in [3.05, 3.63) is 18.2 Å². The van der Waals surface area contributed by atoms with E-state index in [1.54, 1.807) is 0 Å². The zero-order valence-corrected chi connectivity index (χ0v) is 18.4. The van der Waals surface area contributed by atoms with E-state index >= 15 is 0 Å². The van der Waals surface area contributed by atoms with Crippen LogP contribution in [0.3, 0.4) is 0 Å². The second-order valence-electron chi connectivity index (χ2n) is 7.52. The zero-order chi connectivity index (χ0) is 25.8. The number of hydrogen-bond donors (Lipinski definition) is 8. The molecule has 4 unspecified atom stereocenters. The lowest BCUT2D eigenvalue weighted by Gasteiger charge is -2.24. The fraction of sp³-hybridized carbons (Fsp3) is 0.526. The van der Waals surface area contributed by atoms with Gasteiger partial charge in [-0.25, -0.2) is 4.98 Å². The first kappa shape index (κ1) is 28.0. The van der Waals surface area contributed by atoms with E-state index in [0.29, 0.717) is 5.69 Å². The third kappa shape index (κ3) is 10.1. The van der Waals surface area contributed by atoms with Crippen LogP contribution in [0.5, 0.6) is 0 Å². The van der Waals surface area contributed by atoms with Gasteiger partial charge in [-0.2, -0.15) is 0 Å². The van der Waals surface area contributed by atoms with Crippen LogP contribution in [0.25, 0.3) is 0 Å². The predicted octanol–water partition coefficient (Wildman–Crippen LogP) is -3.03. The fourth-order valence-corrected chi connectivity index (χ4v) is 2.74. The molecular weight excluding hydrogens is 454 g/mol. The highest BCUT2D eigenvalue weighted by Crippen LogP contribution is 2.05. The van der Waals surface area contributed by atoms with Crippen LogP contribution in [0, 0.1) is 0 Å². The van der Waals surface area contributed by atoms with E-state index in [1.807, 2.05) is 0 Å². The number of carboxylic acid groups (broad SMARTS) is 2. The Balaban J connectivity index is 2.94. The number of nitrogens with zero attached hydrogens (tertiary/aromatic N) is 1. The standard InChI is InChI=1S/C19H29N7O8/c1-9(19(33)34)24-17(31)13(3-5-15(28)29)26-18(32)12(2-4-14(21)27)25-16(30)11(20)6-10-7-22-8-23-10/h7-9,11-13H,2-6,20H2,1H3,(H2,21,27)(H,22,23)(H,24,31)(H,25,30)(H,26,32)(H,28,29)(H,33,34). The molecule has 1 heterocycles. The number of rotatable bonds is 15. The number of carbonyl (C=O) groups excluding carboxylic acids is 4. The van der Waals surface area contributed by atoms with Crippen LogP contribution in [0.2, 0.25) is 0 Å². The number of nitrogens with two attached hydrogens (primary N) is 2. The van der Waals surface area contributed by atoms with E-state index in [4.69, 9.17) is 21.7 Å². The number of carboxylic acids is 2. The summed E-state index contributed by atoms with van der Waals surface area (Å²) in [6.07, 6.45) is 1.58. The van der Waals surface area contributed by atoms with Gasteiger partial charge in [-0.05, 0) is 19.8 Å². The van der Waals surface area contributed by atoms with E-state index in [2.05, 4.69) is 25.9 Å². The number of aromatic amines is 1. The molecule has 0 aliphatic carbocycles. The molecule has 188 valence electrons. The molecule has 0 radical (unpaired) electrons. The SMILES string of the molecule is CC(NC(=O)C(CCC(=O)O)NC(=O)C(CCC(N)=O)NC(=O)C(N)Cc1cnc[nH]1)C(=O)O. The first-order chi connectivity index (χ1) is 15.9. The molecule has 1 aromatic rings. The molecule has 0 spiro atoms. The summed E-state index contributed by atoms with van der Waals surface area (Å²) >= 11 is 0. The molecule has 0 aliphatic rings. The van der Waals surface area contributed by atoms with Gasteiger partial charge in [-0.1, -0.05) is 0 Å². The van der Waals surface area contributed by atoms with E-state index in [-0.39, 0.29) is 25.7 Å². The van der Waals surface area contributed by atoms with Gasteiger partial charge in [0, 0.05) is 31.2 Å². The van der Waals surface area contributed by atoms with Gasteiger partial charge in [-0.15, -0.1) is 0 Å². The molecule has 0 bridgehead atoms. The number of nitrogens with one attached hydrogen (secondary N) is 4. The van der Waals surface area contributed by atoms with E-state index in [9.17, 15) is 28.8 Å². The van der Waals surface area contributed by atoms with Crippen molar-refractivity contribution < 1.29 is 39.0 Å². The minimum Gasteiger partial charge on any atom is -0.481 e. The van der Waals surface area contributed by atoms with Crippen LogP contribution in [0.4, 0.5) is 0 Å². The summed E-state index contributed by atoms with van der Waals surface area (Å²) in [6.45, 7) is 1.19. The molecule has 15 heteroatoms. The highest BCUT2D eigenvalue weighted by Gasteiger charge is 2.30. The Morgan fingerprint density at radius 3 is 2.03 bits per heavy atom. The molecule has 0 fully saturated rings. The molecule has 1 aromatic heterocycles. The van der Waals surface area contributed by atoms with Crippen molar-refractivity contribution in [2.24, 2.45) is 11.5 Å². The van der Waals surface area contributed by atoms with Crippen LogP contribution in [0.15, 0.2) is 12.5 Å². The van der Waals surface area contributed by atoms with Crippen molar-refractivity contribution >= 4 is 35.6 Å². The molecule has 34 heavy (non-hydrogen) atoms. The Kier molecular flexibility index (Phi) is 11.1. The summed E-state index contributed by atoms with van der Waals surface area (Å²) in [7, 11) is 0. The van der Waals surface area contributed by atoms with Crippen LogP contribution >= 0.6 is 0 Å². The number of aromatic nitrogens is 2. The number of hydrogen-bond acceptors (Lipinski definition) is 8. The van der Waals surface area contributed by atoms with Crippen LogP contribution in [0.1, 0.15) is 38.3 Å². The highest BCUT2D eigenvalue weighted by atomic mass is 16.4. The monoisotopic (exact) mass is 483 g/mol. The predicted molar refractivity (Wildman–Crippen MR) is 115 cm³/mol. The molecule has 0 aromatic carbocycles. The summed E-state index contributed by atoms with van der Waals surface area (Å²) in [5, 5.41) is 24.7. The number of carbonyl (C=O) groups is 6. The summed E-state index contributed by atoms with van der Waals surface area (Å²) in [5.74, 6) is -5.90. The van der Waals surface area contributed by atoms with Crippen molar-refractivity contribution in [1.29, 1.82) is 0 Å². The summed E-state index contributed by atoms with van der Waals surface area (Å²) in [5.41, 5.74) is 11.6. The number of imidazole rings is 1. The number of primary amides is 1. The molecule has 0 saturated heterocycles. The van der Waals surface area contributed by atoms with Crippen LogP contribution in [-0.2, 0) is 35.2 Å². The maximum Gasteiger partial charge on any atom is 0.325 e. The Morgan fingerprint density at radius 1 is 0.971 bits per heavy atom. The first-order valence-electron chi connectivity index (χ1n) is 10.3. The van der Waals surface area contributed by atoms with Gasteiger partial charge in [-0.3, -0.25) is 28.8 Å². The molecular formula is C19H29N7O8. The minimum atomic E-state index is -1.42. The zero-order valence-electron chi connectivity index (χ0n) is 18.4. The van der Waals surface area contributed by atoms with Gasteiger partial charge in [0.15, 0.2) is 0 Å². The van der Waals surface area contributed by atoms with Crippen LogP contribution in [-0.4, -0.2) is 79.9 Å². The van der Waals surface area contributed by atoms with Gasteiger partial charge < -0.3 is 42.6 Å². The van der Waals surface area contributed by atoms with Crippen molar-refractivity contribution in [2.45, 2.75) is 63.2 Å². The molecule has 0 saturated carbocycles. The lowest BCUT2D eigenvalue weighted by Crippen LogP contribution is -2.57. The Labute approximate surface area is 194 Å². The maximum absolute atomic E-state index is 12.8. The van der Waals surface area contributed by atoms with Gasteiger partial charge in [0.2, 0.25) is 23.6 Å². The largest absolute Gasteiger partial charge is 0.481 e. The molecule has 15 nitrogen and oxygen atoms in total. The smallest absolute Gasteiger partial charge is 0.325 e. The average molecular weight is 483 g/mol. The Morgan fingerprint density at radius 2 is 1.53 bits per heavy atom. The Hall–Kier alpha value is -4.01. The summed E-state index contributed by atoms with van der Waals surface area (Å²) < 4.78 is 0. The van der Waals surface area contributed by atoms with Crippen LogP contribution < -0.4 is 27.4 Å². The first-order valence-corrected chi connectivity index (χ1v) is 10.3. The lowest BCUT2D eigenvalue weighted by molar-refractivity contribution is -0.142. The molecule has 0 aliphatic heterocycles. The number of amides is 4. The second-order valence-corrected chi connectivity index (χ2v) is 7.52. The van der Waals surface area contributed by atoms with E-state index in [0.717, 1.165) is 0 Å². The van der Waals surface area contributed by atoms with Gasteiger partial charge in [0.25, 0.3) is 0 Å². The second kappa shape index (κ2) is 13.5. The normalized spacial score (nSPS) is 14.2. The molecule has 10 N–H and O–H groups in total. The van der Waals surface area contributed by atoms with Crippen molar-refractivity contribution in [3.63, 3.8) is 0 Å². The lowest BCUT2D eigenvalue weighted by atomic mass is 10.1. The number of aliphatic carboxylic acids is 2. The van der Waals surface area contributed by atoms with Crippen molar-refractivity contribution in [1.82, 2.24) is 25.9 Å². The molecule has 4 amide bonds. The summed E-state index contributed by atoms with van der Waals surface area (Å²) in [4.78, 5) is 77.5. The average Bonchev–Trinajstić information content (AvgIpc) is 3.25. The summed E-state index contributed by atoms with van der Waals surface area (Å²) in [6, 6.07) is -5.13. The maximum atomic E-state index is 12.8. The molecule has 1 rings (SSSR count). The van der Waals surface area contributed by atoms with Crippen molar-refractivity contribution in [2.75, 3.05) is 0 Å². The minimum absolute atomic E-state index is 0.0761. The number of H-pyrrole nitrogens is 1. The quantitative estimate of drug-likeness (QED) is 0.125. The van der Waals surface area contributed by atoms with Gasteiger partial charge in [0.05, 0.1) is 12.4 Å². The topological polar surface area (TPSA) is 260 Å². The Bertz CT molecular complexity index is 889. The third-order valence-electron chi connectivity index (χ3n) is 4.65. The van der Waals surface area contributed by atoms with Gasteiger partial charge >= 0.3 is 11.9 Å². The third-order valence-corrected chi connectivity index (χ3v) is 4.65. The van der Waals surface area contributed by atoms with E-state index in [1.165, 1.54) is 19.4 Å². The molecule has 4 atom stereocenters. The highest BCUT2D eigenvalue weighted by molar-refractivity contribution is 5.94.